The molecule has 0 fully saturated rings. The number of halogens is 2. The summed E-state index contributed by atoms with van der Waals surface area (Å²) in [6.07, 6.45) is 1.56. The first-order chi connectivity index (χ1) is 9.51. The molecule has 106 valence electrons. The third-order valence-electron chi connectivity index (χ3n) is 2.63. The molecule has 0 aliphatic carbocycles. The SMILES string of the molecule is CC(C)c1ncc(Oc2ccc(Br)cc2Cl)c(CO)n1. The fraction of sp³-hybridized carbons (Fsp3) is 0.286. The molecule has 0 amide bonds. The summed E-state index contributed by atoms with van der Waals surface area (Å²) in [6, 6.07) is 5.30. The molecule has 0 saturated heterocycles. The Bertz CT molecular complexity index is 620. The first-order valence-corrected chi connectivity index (χ1v) is 7.28. The van der Waals surface area contributed by atoms with Gasteiger partial charge in [-0.2, -0.15) is 0 Å². The highest BCUT2D eigenvalue weighted by Crippen LogP contribution is 2.32. The molecule has 20 heavy (non-hydrogen) atoms. The van der Waals surface area contributed by atoms with Crippen LogP contribution < -0.4 is 4.74 Å². The number of hydrogen-bond acceptors (Lipinski definition) is 4. The number of nitrogens with zero attached hydrogens (tertiary/aromatic N) is 2. The maximum absolute atomic E-state index is 9.41. The maximum Gasteiger partial charge on any atom is 0.169 e. The van der Waals surface area contributed by atoms with Crippen molar-refractivity contribution < 1.29 is 9.84 Å². The summed E-state index contributed by atoms with van der Waals surface area (Å²) in [7, 11) is 0. The van der Waals surface area contributed by atoms with Gasteiger partial charge in [-0.05, 0) is 18.2 Å². The molecule has 2 aromatic rings. The Morgan fingerprint density at radius 3 is 2.70 bits per heavy atom. The molecule has 4 nitrogen and oxygen atoms in total. The largest absolute Gasteiger partial charge is 0.452 e. The molecule has 0 radical (unpaired) electrons. The standard InChI is InChI=1S/C14H14BrClN2O2/c1-8(2)14-17-6-13(11(7-19)18-14)20-12-4-3-9(15)5-10(12)16/h3-6,8,19H,7H2,1-2H3. The lowest BCUT2D eigenvalue weighted by molar-refractivity contribution is 0.270. The van der Waals surface area contributed by atoms with E-state index in [1.165, 1.54) is 0 Å². The molecule has 1 N–H and O–H groups in total. The zero-order chi connectivity index (χ0) is 14.7. The minimum atomic E-state index is -0.217. The highest BCUT2D eigenvalue weighted by atomic mass is 79.9. The van der Waals surface area contributed by atoms with Crippen LogP contribution in [0.15, 0.2) is 28.9 Å². The molecule has 6 heteroatoms. The summed E-state index contributed by atoms with van der Waals surface area (Å²) in [4.78, 5) is 8.53. The van der Waals surface area contributed by atoms with Crippen LogP contribution in [0.25, 0.3) is 0 Å². The van der Waals surface area contributed by atoms with Gasteiger partial charge in [-0.3, -0.25) is 0 Å². The molecule has 0 aliphatic rings. The summed E-state index contributed by atoms with van der Waals surface area (Å²) in [6.45, 7) is 3.76. The van der Waals surface area contributed by atoms with Crippen LogP contribution in [0.4, 0.5) is 0 Å². The Morgan fingerprint density at radius 2 is 2.10 bits per heavy atom. The average Bonchev–Trinajstić information content (AvgIpc) is 2.42. The van der Waals surface area contributed by atoms with Crippen LogP contribution in [-0.4, -0.2) is 15.1 Å². The van der Waals surface area contributed by atoms with Crippen LogP contribution in [0.2, 0.25) is 5.02 Å². The Hall–Kier alpha value is -1.17. The van der Waals surface area contributed by atoms with Crippen LogP contribution in [-0.2, 0) is 6.61 Å². The molecule has 0 atom stereocenters. The van der Waals surface area contributed by atoms with Crippen molar-refractivity contribution in [2.75, 3.05) is 0 Å². The molecular weight excluding hydrogens is 344 g/mol. The molecule has 0 unspecified atom stereocenters. The highest BCUT2D eigenvalue weighted by Gasteiger charge is 2.12. The quantitative estimate of drug-likeness (QED) is 0.886. The van der Waals surface area contributed by atoms with E-state index < -0.39 is 0 Å². The molecule has 1 heterocycles. The number of benzene rings is 1. The first kappa shape index (κ1) is 15.2. The third-order valence-corrected chi connectivity index (χ3v) is 3.42. The van der Waals surface area contributed by atoms with Gasteiger partial charge in [0.05, 0.1) is 17.8 Å². The lowest BCUT2D eigenvalue weighted by Gasteiger charge is -2.12. The second-order valence-electron chi connectivity index (χ2n) is 4.53. The van der Waals surface area contributed by atoms with E-state index in [1.807, 2.05) is 19.9 Å². The van der Waals surface area contributed by atoms with Gasteiger partial charge in [-0.1, -0.05) is 41.4 Å². The van der Waals surface area contributed by atoms with Crippen LogP contribution in [0.3, 0.4) is 0 Å². The molecule has 1 aromatic heterocycles. The normalized spacial score (nSPS) is 10.9. The third kappa shape index (κ3) is 3.48. The van der Waals surface area contributed by atoms with Crippen molar-refractivity contribution in [3.05, 3.63) is 45.4 Å². The summed E-state index contributed by atoms with van der Waals surface area (Å²) in [5.41, 5.74) is 0.447. The van der Waals surface area contributed by atoms with Gasteiger partial charge in [0, 0.05) is 10.4 Å². The van der Waals surface area contributed by atoms with Crippen LogP contribution >= 0.6 is 27.5 Å². The second-order valence-corrected chi connectivity index (χ2v) is 5.85. The van der Waals surface area contributed by atoms with E-state index in [4.69, 9.17) is 16.3 Å². The Labute approximate surface area is 130 Å². The average molecular weight is 358 g/mol. The van der Waals surface area contributed by atoms with Crippen LogP contribution in [0, 0.1) is 0 Å². The maximum atomic E-state index is 9.41. The number of aliphatic hydroxyl groups is 1. The fourth-order valence-electron chi connectivity index (χ4n) is 1.57. The Kier molecular flexibility index (Phi) is 4.96. The molecule has 0 saturated carbocycles. The Morgan fingerprint density at radius 1 is 1.35 bits per heavy atom. The van der Waals surface area contributed by atoms with E-state index in [2.05, 4.69) is 25.9 Å². The van der Waals surface area contributed by atoms with Gasteiger partial charge >= 0.3 is 0 Å². The van der Waals surface area contributed by atoms with E-state index in [0.29, 0.717) is 28.0 Å². The number of aromatic nitrogens is 2. The number of ether oxygens (including phenoxy) is 1. The Balaban J connectivity index is 2.33. The summed E-state index contributed by atoms with van der Waals surface area (Å²) < 4.78 is 6.55. The minimum absolute atomic E-state index is 0.186. The topological polar surface area (TPSA) is 55.2 Å². The van der Waals surface area contributed by atoms with Gasteiger partial charge in [-0.15, -0.1) is 0 Å². The van der Waals surface area contributed by atoms with Crippen LogP contribution in [0.1, 0.15) is 31.3 Å². The van der Waals surface area contributed by atoms with Crippen molar-refractivity contribution >= 4 is 27.5 Å². The second kappa shape index (κ2) is 6.52. The number of aliphatic hydroxyl groups excluding tert-OH is 1. The van der Waals surface area contributed by atoms with Crippen molar-refractivity contribution in [2.24, 2.45) is 0 Å². The molecule has 0 bridgehead atoms. The monoisotopic (exact) mass is 356 g/mol. The summed E-state index contributed by atoms with van der Waals surface area (Å²) in [5, 5.41) is 9.87. The lowest BCUT2D eigenvalue weighted by Crippen LogP contribution is -2.03. The molecule has 0 aliphatic heterocycles. The van der Waals surface area contributed by atoms with Gasteiger partial charge in [0.25, 0.3) is 0 Å². The van der Waals surface area contributed by atoms with Crippen molar-refractivity contribution in [1.82, 2.24) is 9.97 Å². The zero-order valence-corrected chi connectivity index (χ0v) is 13.4. The van der Waals surface area contributed by atoms with E-state index in [9.17, 15) is 5.11 Å². The summed E-state index contributed by atoms with van der Waals surface area (Å²) in [5.74, 6) is 1.75. The number of rotatable bonds is 4. The molecule has 1 aromatic carbocycles. The van der Waals surface area contributed by atoms with E-state index in [-0.39, 0.29) is 12.5 Å². The van der Waals surface area contributed by atoms with Crippen LogP contribution in [0.5, 0.6) is 11.5 Å². The number of hydrogen-bond donors (Lipinski definition) is 1. The van der Waals surface area contributed by atoms with Crippen molar-refractivity contribution in [3.63, 3.8) is 0 Å². The van der Waals surface area contributed by atoms with Crippen molar-refractivity contribution in [1.29, 1.82) is 0 Å². The molecule has 2 rings (SSSR count). The highest BCUT2D eigenvalue weighted by molar-refractivity contribution is 9.10. The van der Waals surface area contributed by atoms with Crippen molar-refractivity contribution in [3.8, 4) is 11.5 Å². The van der Waals surface area contributed by atoms with E-state index in [0.717, 1.165) is 4.47 Å². The minimum Gasteiger partial charge on any atom is -0.452 e. The van der Waals surface area contributed by atoms with E-state index in [1.54, 1.807) is 18.3 Å². The predicted molar refractivity (Wildman–Crippen MR) is 81.3 cm³/mol. The van der Waals surface area contributed by atoms with Gasteiger partial charge in [0.15, 0.2) is 5.75 Å². The van der Waals surface area contributed by atoms with Gasteiger partial charge in [0.2, 0.25) is 0 Å². The first-order valence-electron chi connectivity index (χ1n) is 6.11. The lowest BCUT2D eigenvalue weighted by atomic mass is 10.2. The van der Waals surface area contributed by atoms with Crippen molar-refractivity contribution in [2.45, 2.75) is 26.4 Å². The smallest absolute Gasteiger partial charge is 0.169 e. The molecule has 0 spiro atoms. The molecular formula is C14H14BrClN2O2. The zero-order valence-electron chi connectivity index (χ0n) is 11.1. The van der Waals surface area contributed by atoms with Gasteiger partial charge < -0.3 is 9.84 Å². The fourth-order valence-corrected chi connectivity index (χ4v) is 2.29. The van der Waals surface area contributed by atoms with E-state index >= 15 is 0 Å². The van der Waals surface area contributed by atoms with Gasteiger partial charge in [0.1, 0.15) is 17.3 Å². The predicted octanol–water partition coefficient (Wildman–Crippen LogP) is 4.30. The summed E-state index contributed by atoms with van der Waals surface area (Å²) >= 11 is 9.43. The van der Waals surface area contributed by atoms with Gasteiger partial charge in [-0.25, -0.2) is 9.97 Å².